The van der Waals surface area contributed by atoms with Gasteiger partial charge in [0, 0.05) is 19.5 Å². The molecule has 0 saturated carbocycles. The van der Waals surface area contributed by atoms with Crippen LogP contribution in [0.5, 0.6) is 0 Å². The molecule has 0 nitrogen and oxygen atoms in total. The van der Waals surface area contributed by atoms with Gasteiger partial charge in [0.2, 0.25) is 0 Å². The first kappa shape index (κ1) is 20.1. The zero-order valence-corrected chi connectivity index (χ0v) is 12.4. The standard InChI is InChI=1S/C10H16.2C2H4.Rh/c1-6-7(2)9(4)10(5)8(6)3;2*1-2;/h6H,1-5H3;2*1-2H2;. The zero-order valence-electron chi connectivity index (χ0n) is 10.7. The summed E-state index contributed by atoms with van der Waals surface area (Å²) >= 11 is 0. The van der Waals surface area contributed by atoms with Crippen LogP contribution in [-0.2, 0) is 19.5 Å². The molecule has 0 N–H and O–H groups in total. The molecule has 1 rings (SSSR count). The van der Waals surface area contributed by atoms with Gasteiger partial charge < -0.3 is 0 Å². The Balaban J connectivity index is -0.000000258. The molecule has 1 radical (unpaired) electrons. The first-order valence-electron chi connectivity index (χ1n) is 4.90. The molecule has 15 heavy (non-hydrogen) atoms. The molecule has 0 heterocycles. The van der Waals surface area contributed by atoms with Gasteiger partial charge in [-0.2, -0.15) is 0 Å². The summed E-state index contributed by atoms with van der Waals surface area (Å²) in [5.74, 6) is 0.694. The molecular formula is C14H24Rh. The molecule has 0 bridgehead atoms. The molecule has 0 unspecified atom stereocenters. The average molecular weight is 295 g/mol. The maximum Gasteiger partial charge on any atom is 0 e. The van der Waals surface area contributed by atoms with Crippen LogP contribution in [0.2, 0.25) is 0 Å². The molecule has 1 aliphatic rings. The smallest absolute Gasteiger partial charge is 0 e. The van der Waals surface area contributed by atoms with Crippen molar-refractivity contribution in [3.05, 3.63) is 48.6 Å². The number of hydrogen-bond donors (Lipinski definition) is 0. The van der Waals surface area contributed by atoms with E-state index in [-0.39, 0.29) is 19.5 Å². The van der Waals surface area contributed by atoms with Gasteiger partial charge in [-0.25, -0.2) is 0 Å². The van der Waals surface area contributed by atoms with Crippen molar-refractivity contribution < 1.29 is 19.5 Å². The third kappa shape index (κ3) is 4.75. The SMILES string of the molecule is C=C.C=C.CC1=C(C)C(C)C(C)=C1C.[Rh]. The van der Waals surface area contributed by atoms with Crippen molar-refractivity contribution in [1.82, 2.24) is 0 Å². The van der Waals surface area contributed by atoms with Crippen LogP contribution in [0.1, 0.15) is 34.6 Å². The molecule has 0 aromatic rings. The summed E-state index contributed by atoms with van der Waals surface area (Å²) in [5.41, 5.74) is 6.11. The number of rotatable bonds is 0. The maximum atomic E-state index is 3.00. The minimum absolute atomic E-state index is 0. The normalized spacial score (nSPS) is 14.7. The molecule has 0 aromatic carbocycles. The summed E-state index contributed by atoms with van der Waals surface area (Å²) in [5, 5.41) is 0. The summed E-state index contributed by atoms with van der Waals surface area (Å²) < 4.78 is 0. The van der Waals surface area contributed by atoms with Crippen molar-refractivity contribution in [2.24, 2.45) is 5.92 Å². The van der Waals surface area contributed by atoms with Gasteiger partial charge in [0.25, 0.3) is 0 Å². The van der Waals surface area contributed by atoms with E-state index in [2.05, 4.69) is 60.9 Å². The van der Waals surface area contributed by atoms with E-state index in [4.69, 9.17) is 0 Å². The van der Waals surface area contributed by atoms with E-state index in [0.717, 1.165) is 0 Å². The van der Waals surface area contributed by atoms with Gasteiger partial charge in [-0.05, 0) is 44.8 Å². The van der Waals surface area contributed by atoms with Crippen LogP contribution in [0.25, 0.3) is 0 Å². The van der Waals surface area contributed by atoms with Crippen LogP contribution in [0.3, 0.4) is 0 Å². The zero-order chi connectivity index (χ0) is 11.9. The molecule has 0 fully saturated rings. The minimum Gasteiger partial charge on any atom is -0.106 e. The van der Waals surface area contributed by atoms with Crippen LogP contribution >= 0.6 is 0 Å². The van der Waals surface area contributed by atoms with Crippen LogP contribution in [0.15, 0.2) is 48.6 Å². The van der Waals surface area contributed by atoms with Gasteiger partial charge >= 0.3 is 0 Å². The first-order valence-corrected chi connectivity index (χ1v) is 4.90. The molecule has 89 valence electrons. The predicted molar refractivity (Wildman–Crippen MR) is 68.4 cm³/mol. The van der Waals surface area contributed by atoms with Gasteiger partial charge in [0.15, 0.2) is 0 Å². The van der Waals surface area contributed by atoms with Crippen LogP contribution in [0, 0.1) is 5.92 Å². The average Bonchev–Trinajstić information content (AvgIpc) is 2.42. The van der Waals surface area contributed by atoms with Crippen molar-refractivity contribution in [1.29, 1.82) is 0 Å². The first-order chi connectivity index (χ1) is 6.55. The molecule has 0 aliphatic heterocycles. The second-order valence-corrected chi connectivity index (χ2v) is 3.34. The predicted octanol–water partition coefficient (Wildman–Crippen LogP) is 4.91. The van der Waals surface area contributed by atoms with E-state index in [1.165, 1.54) is 11.1 Å². The van der Waals surface area contributed by atoms with Gasteiger partial charge in [0.05, 0.1) is 0 Å². The Morgan fingerprint density at radius 1 is 0.733 bits per heavy atom. The summed E-state index contributed by atoms with van der Waals surface area (Å²) in [7, 11) is 0. The molecule has 0 saturated heterocycles. The van der Waals surface area contributed by atoms with E-state index in [1.807, 2.05) is 0 Å². The molecule has 0 atom stereocenters. The van der Waals surface area contributed by atoms with E-state index in [0.29, 0.717) is 5.92 Å². The Morgan fingerprint density at radius 3 is 1.00 bits per heavy atom. The Bertz CT molecular complexity index is 220. The third-order valence-electron chi connectivity index (χ3n) is 3.04. The van der Waals surface area contributed by atoms with Crippen LogP contribution in [-0.4, -0.2) is 0 Å². The Morgan fingerprint density at radius 2 is 0.933 bits per heavy atom. The second-order valence-electron chi connectivity index (χ2n) is 3.34. The van der Waals surface area contributed by atoms with Gasteiger partial charge in [0.1, 0.15) is 0 Å². The van der Waals surface area contributed by atoms with Gasteiger partial charge in [-0.3, -0.25) is 0 Å². The summed E-state index contributed by atoms with van der Waals surface area (Å²) in [4.78, 5) is 0. The maximum absolute atomic E-state index is 3.00. The summed E-state index contributed by atoms with van der Waals surface area (Å²) in [6.07, 6.45) is 0. The van der Waals surface area contributed by atoms with Crippen molar-refractivity contribution in [2.75, 3.05) is 0 Å². The Kier molecular flexibility index (Phi) is 13.5. The van der Waals surface area contributed by atoms with E-state index < -0.39 is 0 Å². The molecule has 1 heteroatoms. The topological polar surface area (TPSA) is 0 Å². The van der Waals surface area contributed by atoms with Crippen LogP contribution in [0.4, 0.5) is 0 Å². The summed E-state index contributed by atoms with van der Waals surface area (Å²) in [6.45, 7) is 23.2. The van der Waals surface area contributed by atoms with E-state index >= 15 is 0 Å². The fourth-order valence-electron chi connectivity index (χ4n) is 1.57. The second kappa shape index (κ2) is 10.1. The van der Waals surface area contributed by atoms with E-state index in [1.54, 1.807) is 11.1 Å². The van der Waals surface area contributed by atoms with Crippen molar-refractivity contribution in [3.63, 3.8) is 0 Å². The van der Waals surface area contributed by atoms with E-state index in [9.17, 15) is 0 Å². The fraction of sp³-hybridized carbons (Fsp3) is 0.429. The Labute approximate surface area is 109 Å². The largest absolute Gasteiger partial charge is 0.106 e. The molecule has 0 aromatic heterocycles. The monoisotopic (exact) mass is 295 g/mol. The molecule has 0 amide bonds. The van der Waals surface area contributed by atoms with Gasteiger partial charge in [-0.1, -0.05) is 18.1 Å². The minimum atomic E-state index is 0. The van der Waals surface area contributed by atoms with Crippen molar-refractivity contribution >= 4 is 0 Å². The van der Waals surface area contributed by atoms with Crippen molar-refractivity contribution in [3.8, 4) is 0 Å². The summed E-state index contributed by atoms with van der Waals surface area (Å²) in [6, 6.07) is 0. The van der Waals surface area contributed by atoms with Gasteiger partial charge in [-0.15, -0.1) is 26.3 Å². The number of hydrogen-bond acceptors (Lipinski definition) is 0. The fourth-order valence-corrected chi connectivity index (χ4v) is 1.57. The van der Waals surface area contributed by atoms with Crippen LogP contribution < -0.4 is 0 Å². The number of allylic oxidation sites excluding steroid dienone is 4. The Hall–Kier alpha value is -0.417. The molecular weight excluding hydrogens is 271 g/mol. The molecule has 1 aliphatic carbocycles. The quantitative estimate of drug-likeness (QED) is 0.440. The molecule has 0 spiro atoms. The van der Waals surface area contributed by atoms with Crippen molar-refractivity contribution in [2.45, 2.75) is 34.6 Å². The third-order valence-corrected chi connectivity index (χ3v) is 3.04.